The van der Waals surface area contributed by atoms with Crippen molar-refractivity contribution in [3.63, 3.8) is 0 Å². The van der Waals surface area contributed by atoms with E-state index in [1.54, 1.807) is 13.8 Å². The number of esters is 1. The number of carbonyl (C=O) groups excluding carboxylic acids is 1. The monoisotopic (exact) mass is 176 g/mol. The molecule has 0 aliphatic heterocycles. The molecule has 3 heteroatoms. The van der Waals surface area contributed by atoms with Crippen LogP contribution in [0, 0.1) is 5.92 Å². The fourth-order valence-electron chi connectivity index (χ4n) is 0.686. The van der Waals surface area contributed by atoms with Crippen molar-refractivity contribution in [3.05, 3.63) is 0 Å². The van der Waals surface area contributed by atoms with Crippen molar-refractivity contribution in [1.29, 1.82) is 0 Å². The third-order valence-electron chi connectivity index (χ3n) is 1.50. The highest BCUT2D eigenvalue weighted by Crippen LogP contribution is 2.08. The number of rotatable bonds is 5. The number of unbranched alkanes of at least 4 members (excludes halogenated alkanes) is 1. The van der Waals surface area contributed by atoms with Gasteiger partial charge < -0.3 is 4.74 Å². The van der Waals surface area contributed by atoms with Gasteiger partial charge in [0.25, 0.3) is 0 Å². The highest BCUT2D eigenvalue weighted by molar-refractivity contribution is 5.71. The van der Waals surface area contributed by atoms with Gasteiger partial charge in [-0.15, -0.1) is 0 Å². The molecule has 0 amide bonds. The normalized spacial score (nSPS) is 13.1. The number of carbonyl (C=O) groups is 1. The first-order chi connectivity index (χ1) is 5.57. The van der Waals surface area contributed by atoms with Crippen molar-refractivity contribution in [3.8, 4) is 0 Å². The molecule has 0 aromatic heterocycles. The fourth-order valence-corrected chi connectivity index (χ4v) is 0.686. The topological polar surface area (TPSA) is 26.3 Å². The molecule has 0 saturated heterocycles. The number of halogens is 1. The Morgan fingerprint density at radius 3 is 2.50 bits per heavy atom. The minimum absolute atomic E-state index is 0.245. The van der Waals surface area contributed by atoms with Crippen molar-refractivity contribution < 1.29 is 13.9 Å². The Hall–Kier alpha value is -0.600. The molecule has 0 rings (SSSR count). The van der Waals surface area contributed by atoms with Gasteiger partial charge in [-0.2, -0.15) is 0 Å². The Morgan fingerprint density at radius 2 is 2.08 bits per heavy atom. The standard InChI is InChI=1S/C9H17FO2/c1-4-5-6-8(10)12-9(11)7(2)3/h7-8H,4-6H2,1-3H3. The van der Waals surface area contributed by atoms with Gasteiger partial charge >= 0.3 is 5.97 Å². The van der Waals surface area contributed by atoms with Crippen LogP contribution in [0.1, 0.15) is 40.0 Å². The van der Waals surface area contributed by atoms with Crippen molar-refractivity contribution in [2.75, 3.05) is 0 Å². The van der Waals surface area contributed by atoms with Gasteiger partial charge in [0.1, 0.15) is 0 Å². The Morgan fingerprint density at radius 1 is 1.50 bits per heavy atom. The summed E-state index contributed by atoms with van der Waals surface area (Å²) in [5, 5.41) is 0. The van der Waals surface area contributed by atoms with Crippen LogP contribution in [0.25, 0.3) is 0 Å². The minimum atomic E-state index is -1.42. The largest absolute Gasteiger partial charge is 0.431 e. The number of hydrogen-bond acceptors (Lipinski definition) is 2. The second kappa shape index (κ2) is 5.98. The Labute approximate surface area is 73.1 Å². The maximum Gasteiger partial charge on any atom is 0.310 e. The van der Waals surface area contributed by atoms with E-state index in [0.717, 1.165) is 12.8 Å². The molecule has 0 aliphatic rings. The Bertz CT molecular complexity index is 134. The summed E-state index contributed by atoms with van der Waals surface area (Å²) in [7, 11) is 0. The molecule has 1 atom stereocenters. The lowest BCUT2D eigenvalue weighted by Gasteiger charge is -2.10. The molecule has 72 valence electrons. The minimum Gasteiger partial charge on any atom is -0.431 e. The molecule has 0 aliphatic carbocycles. The van der Waals surface area contributed by atoms with Gasteiger partial charge in [-0.25, -0.2) is 4.39 Å². The van der Waals surface area contributed by atoms with E-state index in [9.17, 15) is 9.18 Å². The zero-order valence-corrected chi connectivity index (χ0v) is 7.97. The summed E-state index contributed by atoms with van der Waals surface area (Å²) in [6.07, 6.45) is 0.570. The molecule has 0 aromatic carbocycles. The van der Waals surface area contributed by atoms with E-state index < -0.39 is 12.3 Å². The maximum atomic E-state index is 12.8. The molecule has 1 unspecified atom stereocenters. The van der Waals surface area contributed by atoms with E-state index in [4.69, 9.17) is 0 Å². The third-order valence-corrected chi connectivity index (χ3v) is 1.50. The molecule has 0 spiro atoms. The second-order valence-corrected chi connectivity index (χ2v) is 3.14. The fraction of sp³-hybridized carbons (Fsp3) is 0.889. The molecule has 2 nitrogen and oxygen atoms in total. The van der Waals surface area contributed by atoms with Crippen molar-refractivity contribution in [2.45, 2.75) is 46.4 Å². The highest BCUT2D eigenvalue weighted by atomic mass is 19.1. The van der Waals surface area contributed by atoms with Gasteiger partial charge in [0.15, 0.2) is 0 Å². The lowest BCUT2D eigenvalue weighted by atomic mass is 10.2. The molecule has 0 aromatic rings. The van der Waals surface area contributed by atoms with Crippen LogP contribution >= 0.6 is 0 Å². The molecular formula is C9H17FO2. The summed E-state index contributed by atoms with van der Waals surface area (Å²) >= 11 is 0. The Kier molecular flexibility index (Phi) is 5.68. The molecule has 0 heterocycles. The first-order valence-corrected chi connectivity index (χ1v) is 4.42. The lowest BCUT2D eigenvalue weighted by molar-refractivity contribution is -0.162. The van der Waals surface area contributed by atoms with Gasteiger partial charge in [-0.05, 0) is 6.42 Å². The maximum absolute atomic E-state index is 12.8. The molecular weight excluding hydrogens is 159 g/mol. The SMILES string of the molecule is CCCCC(F)OC(=O)C(C)C. The van der Waals surface area contributed by atoms with E-state index in [0.29, 0.717) is 6.42 Å². The second-order valence-electron chi connectivity index (χ2n) is 3.14. The third kappa shape index (κ3) is 5.10. The number of hydrogen-bond donors (Lipinski definition) is 0. The zero-order valence-electron chi connectivity index (χ0n) is 7.97. The Balaban J connectivity index is 3.54. The van der Waals surface area contributed by atoms with Crippen LogP contribution in [0.15, 0.2) is 0 Å². The number of ether oxygens (including phenoxy) is 1. The lowest BCUT2D eigenvalue weighted by Crippen LogP contribution is -2.17. The van der Waals surface area contributed by atoms with Gasteiger partial charge in [0, 0.05) is 6.42 Å². The van der Waals surface area contributed by atoms with Crippen LogP contribution in [0.3, 0.4) is 0 Å². The summed E-state index contributed by atoms with van der Waals surface area (Å²) in [4.78, 5) is 10.9. The van der Waals surface area contributed by atoms with E-state index in [1.165, 1.54) is 0 Å². The van der Waals surface area contributed by atoms with Gasteiger partial charge in [0.05, 0.1) is 5.92 Å². The van der Waals surface area contributed by atoms with Crippen LogP contribution in [0.2, 0.25) is 0 Å². The van der Waals surface area contributed by atoms with Crippen LogP contribution in [-0.4, -0.2) is 12.3 Å². The van der Waals surface area contributed by atoms with Gasteiger partial charge in [-0.1, -0.05) is 27.2 Å². The van der Waals surface area contributed by atoms with Crippen LogP contribution in [0.5, 0.6) is 0 Å². The summed E-state index contributed by atoms with van der Waals surface area (Å²) in [6, 6.07) is 0. The molecule has 0 saturated carbocycles. The van der Waals surface area contributed by atoms with Crippen molar-refractivity contribution in [1.82, 2.24) is 0 Å². The summed E-state index contributed by atoms with van der Waals surface area (Å²) in [5.74, 6) is -0.705. The van der Waals surface area contributed by atoms with Gasteiger partial charge in [-0.3, -0.25) is 4.79 Å². The summed E-state index contributed by atoms with van der Waals surface area (Å²) < 4.78 is 17.3. The molecule has 0 N–H and O–H groups in total. The first kappa shape index (κ1) is 11.4. The van der Waals surface area contributed by atoms with Crippen LogP contribution in [0.4, 0.5) is 4.39 Å². The first-order valence-electron chi connectivity index (χ1n) is 4.42. The van der Waals surface area contributed by atoms with E-state index in [2.05, 4.69) is 4.74 Å². The zero-order chi connectivity index (χ0) is 9.56. The predicted molar refractivity (Wildman–Crippen MR) is 45.4 cm³/mol. The van der Waals surface area contributed by atoms with Crippen molar-refractivity contribution >= 4 is 5.97 Å². The van der Waals surface area contributed by atoms with E-state index in [1.807, 2.05) is 6.92 Å². The summed E-state index contributed by atoms with van der Waals surface area (Å²) in [5.41, 5.74) is 0. The average molecular weight is 176 g/mol. The van der Waals surface area contributed by atoms with Crippen molar-refractivity contribution in [2.24, 2.45) is 5.92 Å². The van der Waals surface area contributed by atoms with E-state index >= 15 is 0 Å². The van der Waals surface area contributed by atoms with Gasteiger partial charge in [0.2, 0.25) is 6.36 Å². The molecule has 0 radical (unpaired) electrons. The number of alkyl halides is 1. The van der Waals surface area contributed by atoms with Crippen LogP contribution in [-0.2, 0) is 9.53 Å². The quantitative estimate of drug-likeness (QED) is 0.602. The highest BCUT2D eigenvalue weighted by Gasteiger charge is 2.14. The molecule has 0 bridgehead atoms. The summed E-state index contributed by atoms with van der Waals surface area (Å²) in [6.45, 7) is 5.35. The van der Waals surface area contributed by atoms with E-state index in [-0.39, 0.29) is 5.92 Å². The average Bonchev–Trinajstić information content (AvgIpc) is 2.00. The predicted octanol–water partition coefficient (Wildman–Crippen LogP) is 2.67. The smallest absolute Gasteiger partial charge is 0.310 e. The molecule has 0 fully saturated rings. The van der Waals surface area contributed by atoms with Crippen LogP contribution < -0.4 is 0 Å². The molecule has 12 heavy (non-hydrogen) atoms.